The van der Waals surface area contributed by atoms with Gasteiger partial charge in [0.2, 0.25) is 0 Å². The number of nitrogens with one attached hydrogen (secondary N) is 1. The smallest absolute Gasteiger partial charge is 0.138 e. The van der Waals surface area contributed by atoms with Crippen molar-refractivity contribution in [3.63, 3.8) is 0 Å². The lowest BCUT2D eigenvalue weighted by Crippen LogP contribution is -2.40. The molecule has 1 unspecified atom stereocenters. The largest absolute Gasteiger partial charge is 0.489 e. The lowest BCUT2D eigenvalue weighted by atomic mass is 9.89. The molecule has 1 aliphatic rings. The van der Waals surface area contributed by atoms with E-state index in [2.05, 4.69) is 40.3 Å². The Morgan fingerprint density at radius 1 is 1.11 bits per heavy atom. The number of aliphatic hydroxyl groups is 1. The van der Waals surface area contributed by atoms with Crippen LogP contribution in [0, 0.1) is 0 Å². The quantitative estimate of drug-likeness (QED) is 0.660. The van der Waals surface area contributed by atoms with E-state index in [-0.39, 0.29) is 6.61 Å². The molecule has 1 atom stereocenters. The van der Waals surface area contributed by atoms with Crippen LogP contribution in [0.5, 0.6) is 5.75 Å². The van der Waals surface area contributed by atoms with Crippen molar-refractivity contribution in [3.05, 3.63) is 65.3 Å². The number of aliphatic hydroxyl groups excluding tert-OH is 1. The summed E-state index contributed by atoms with van der Waals surface area (Å²) in [6.45, 7) is 2.87. The van der Waals surface area contributed by atoms with Crippen LogP contribution in [0.1, 0.15) is 24.3 Å². The second-order valence-electron chi connectivity index (χ2n) is 7.26. The standard InChI is InChI=1S/C22H25ClN2O2/c23-20-6-2-4-8-22(20)27-15-17(26)14-25-11-9-16(10-12-25)19-13-24-21-7-3-1-5-18(19)21/h1-8,13,16-17,24,26H,9-12,14-15H2. The van der Waals surface area contributed by atoms with Crippen LogP contribution in [0.2, 0.25) is 5.02 Å². The molecule has 27 heavy (non-hydrogen) atoms. The van der Waals surface area contributed by atoms with E-state index in [0.717, 1.165) is 25.9 Å². The number of H-pyrrole nitrogens is 1. The summed E-state index contributed by atoms with van der Waals surface area (Å²) in [5.74, 6) is 1.20. The van der Waals surface area contributed by atoms with Crippen LogP contribution >= 0.6 is 11.6 Å². The number of nitrogens with zero attached hydrogens (tertiary/aromatic N) is 1. The van der Waals surface area contributed by atoms with Crippen LogP contribution in [0.4, 0.5) is 0 Å². The third-order valence-corrected chi connectivity index (χ3v) is 5.70. The highest BCUT2D eigenvalue weighted by atomic mass is 35.5. The van der Waals surface area contributed by atoms with Crippen molar-refractivity contribution in [2.24, 2.45) is 0 Å². The molecule has 1 aliphatic heterocycles. The maximum absolute atomic E-state index is 10.3. The Bertz CT molecular complexity index is 887. The number of para-hydroxylation sites is 2. The van der Waals surface area contributed by atoms with E-state index in [4.69, 9.17) is 16.3 Å². The van der Waals surface area contributed by atoms with E-state index in [0.29, 0.717) is 23.2 Å². The molecule has 4 rings (SSSR count). The molecule has 2 N–H and O–H groups in total. The molecule has 0 saturated carbocycles. The van der Waals surface area contributed by atoms with Crippen LogP contribution in [0.3, 0.4) is 0 Å². The number of hydrogen-bond acceptors (Lipinski definition) is 3. The highest BCUT2D eigenvalue weighted by molar-refractivity contribution is 6.32. The third kappa shape index (κ3) is 4.29. The van der Waals surface area contributed by atoms with Gasteiger partial charge < -0.3 is 19.7 Å². The molecule has 0 radical (unpaired) electrons. The molecule has 142 valence electrons. The molecule has 2 aromatic carbocycles. The highest BCUT2D eigenvalue weighted by Crippen LogP contribution is 2.33. The van der Waals surface area contributed by atoms with E-state index in [1.165, 1.54) is 16.5 Å². The maximum atomic E-state index is 10.3. The van der Waals surface area contributed by atoms with Gasteiger partial charge in [-0.15, -0.1) is 0 Å². The molecule has 1 aromatic heterocycles. The summed E-state index contributed by atoms with van der Waals surface area (Å²) in [4.78, 5) is 5.71. The van der Waals surface area contributed by atoms with Crippen molar-refractivity contribution in [1.82, 2.24) is 9.88 Å². The Balaban J connectivity index is 1.27. The van der Waals surface area contributed by atoms with E-state index in [1.807, 2.05) is 18.2 Å². The Kier molecular flexibility index (Phi) is 5.67. The minimum absolute atomic E-state index is 0.256. The number of β-amino-alcohol motifs (C(OH)–C–C–N with tert-alkyl or cyclic N) is 1. The summed E-state index contributed by atoms with van der Waals surface area (Å²) in [7, 11) is 0. The van der Waals surface area contributed by atoms with Crippen molar-refractivity contribution in [2.45, 2.75) is 24.9 Å². The molecule has 3 aromatic rings. The number of aromatic nitrogens is 1. The van der Waals surface area contributed by atoms with Gasteiger partial charge in [0.1, 0.15) is 18.5 Å². The molecule has 0 amide bonds. The fourth-order valence-electron chi connectivity index (χ4n) is 3.96. The molecule has 0 aliphatic carbocycles. The molecule has 1 fully saturated rings. The van der Waals surface area contributed by atoms with Gasteiger partial charge in [-0.2, -0.15) is 0 Å². The fourth-order valence-corrected chi connectivity index (χ4v) is 4.15. The zero-order chi connectivity index (χ0) is 18.6. The summed E-state index contributed by atoms with van der Waals surface area (Å²) in [5, 5.41) is 12.2. The van der Waals surface area contributed by atoms with Crippen molar-refractivity contribution in [1.29, 1.82) is 0 Å². The first-order valence-electron chi connectivity index (χ1n) is 9.54. The SMILES string of the molecule is OC(COc1ccccc1Cl)CN1CCC(c2c[nH]c3ccccc23)CC1. The Morgan fingerprint density at radius 3 is 2.67 bits per heavy atom. The molecular formula is C22H25ClN2O2. The zero-order valence-corrected chi connectivity index (χ0v) is 16.0. The summed E-state index contributed by atoms with van der Waals surface area (Å²) >= 11 is 6.09. The van der Waals surface area contributed by atoms with E-state index < -0.39 is 6.10 Å². The number of halogens is 1. The summed E-state index contributed by atoms with van der Waals surface area (Å²) in [6, 6.07) is 15.8. The second kappa shape index (κ2) is 8.34. The first kappa shape index (κ1) is 18.4. The molecule has 4 nitrogen and oxygen atoms in total. The highest BCUT2D eigenvalue weighted by Gasteiger charge is 2.24. The Labute approximate surface area is 164 Å². The average Bonchev–Trinajstić information content (AvgIpc) is 3.12. The normalized spacial score (nSPS) is 17.3. The molecule has 1 saturated heterocycles. The lowest BCUT2D eigenvalue weighted by molar-refractivity contribution is 0.0595. The first-order valence-corrected chi connectivity index (χ1v) is 9.92. The monoisotopic (exact) mass is 384 g/mol. The van der Waals surface area contributed by atoms with Crippen LogP contribution in [0.15, 0.2) is 54.7 Å². The van der Waals surface area contributed by atoms with Crippen LogP contribution in [-0.2, 0) is 0 Å². The van der Waals surface area contributed by atoms with Gasteiger partial charge in [-0.05, 0) is 55.6 Å². The predicted molar refractivity (Wildman–Crippen MR) is 110 cm³/mol. The zero-order valence-electron chi connectivity index (χ0n) is 15.3. The predicted octanol–water partition coefficient (Wildman–Crippen LogP) is 4.44. The number of rotatable bonds is 6. The minimum Gasteiger partial charge on any atom is -0.489 e. The molecule has 2 heterocycles. The van der Waals surface area contributed by atoms with Gasteiger partial charge in [0.15, 0.2) is 0 Å². The van der Waals surface area contributed by atoms with Gasteiger partial charge in [0.05, 0.1) is 5.02 Å². The van der Waals surface area contributed by atoms with E-state index in [1.54, 1.807) is 6.07 Å². The number of aromatic amines is 1. The summed E-state index contributed by atoms with van der Waals surface area (Å²) in [5.41, 5.74) is 2.63. The molecular weight excluding hydrogens is 360 g/mol. The number of ether oxygens (including phenoxy) is 1. The van der Waals surface area contributed by atoms with Crippen LogP contribution in [-0.4, -0.2) is 47.3 Å². The molecule has 0 bridgehead atoms. The summed E-state index contributed by atoms with van der Waals surface area (Å²) in [6.07, 6.45) is 3.86. The first-order chi connectivity index (χ1) is 13.2. The number of likely N-dealkylation sites (tertiary alicyclic amines) is 1. The van der Waals surface area contributed by atoms with Crippen molar-refractivity contribution in [3.8, 4) is 5.75 Å². The Hall–Kier alpha value is -2.01. The lowest BCUT2D eigenvalue weighted by Gasteiger charge is -2.33. The van der Waals surface area contributed by atoms with Gasteiger partial charge in [-0.25, -0.2) is 0 Å². The van der Waals surface area contributed by atoms with Gasteiger partial charge >= 0.3 is 0 Å². The average molecular weight is 385 g/mol. The number of hydrogen-bond donors (Lipinski definition) is 2. The van der Waals surface area contributed by atoms with Gasteiger partial charge in [-0.3, -0.25) is 0 Å². The fraction of sp³-hybridized carbons (Fsp3) is 0.364. The Morgan fingerprint density at radius 2 is 1.85 bits per heavy atom. The van der Waals surface area contributed by atoms with Gasteiger partial charge in [0, 0.05) is 23.6 Å². The topological polar surface area (TPSA) is 48.5 Å². The van der Waals surface area contributed by atoms with Gasteiger partial charge in [0.25, 0.3) is 0 Å². The summed E-state index contributed by atoms with van der Waals surface area (Å²) < 4.78 is 5.66. The van der Waals surface area contributed by atoms with Crippen molar-refractivity contribution < 1.29 is 9.84 Å². The van der Waals surface area contributed by atoms with Crippen molar-refractivity contribution in [2.75, 3.05) is 26.2 Å². The van der Waals surface area contributed by atoms with Crippen LogP contribution < -0.4 is 4.74 Å². The molecule has 5 heteroatoms. The van der Waals surface area contributed by atoms with E-state index >= 15 is 0 Å². The molecule has 0 spiro atoms. The number of fused-ring (bicyclic) bond motifs is 1. The number of piperidine rings is 1. The number of benzene rings is 2. The third-order valence-electron chi connectivity index (χ3n) is 5.39. The minimum atomic E-state index is -0.522. The van der Waals surface area contributed by atoms with Crippen molar-refractivity contribution >= 4 is 22.5 Å². The van der Waals surface area contributed by atoms with E-state index in [9.17, 15) is 5.11 Å². The maximum Gasteiger partial charge on any atom is 0.138 e. The second-order valence-corrected chi connectivity index (χ2v) is 7.67. The van der Waals surface area contributed by atoms with Crippen LogP contribution in [0.25, 0.3) is 10.9 Å². The van der Waals surface area contributed by atoms with Gasteiger partial charge in [-0.1, -0.05) is 41.9 Å².